The van der Waals surface area contributed by atoms with E-state index in [2.05, 4.69) is 134 Å². The molecule has 14 N–H and O–H groups in total. The van der Waals surface area contributed by atoms with Gasteiger partial charge in [0.25, 0.3) is 0 Å². The molecule has 0 aliphatic rings. The maximum absolute atomic E-state index is 12.6. The third kappa shape index (κ3) is 54.0. The van der Waals surface area contributed by atoms with E-state index >= 15 is 0 Å². The van der Waals surface area contributed by atoms with Crippen molar-refractivity contribution in [1.82, 2.24) is 46.9 Å². The largest absolute Gasteiger partial charge is 0.759 e. The molecule has 0 unspecified atom stereocenters. The van der Waals surface area contributed by atoms with Crippen molar-refractivity contribution in [3.63, 3.8) is 0 Å². The van der Waals surface area contributed by atoms with Gasteiger partial charge in [0.05, 0.1) is 159 Å². The van der Waals surface area contributed by atoms with Crippen molar-refractivity contribution < 1.29 is 140 Å². The molecule has 0 radical (unpaired) electrons. The summed E-state index contributed by atoms with van der Waals surface area (Å²) in [5, 5.41) is 29.6. The Bertz CT molecular complexity index is 4660. The maximum Gasteiger partial charge on any atom is 0.416 e. The Morgan fingerprint density at radius 1 is 0.236 bits per heavy atom. The van der Waals surface area contributed by atoms with E-state index in [-0.39, 0.29) is 78.9 Å². The van der Waals surface area contributed by atoms with E-state index < -0.39 is 117 Å². The molecule has 12 amide bonds. The minimum atomic E-state index is -5.17. The zero-order valence-electron chi connectivity index (χ0n) is 83.3. The number of urea groups is 6. The second-order valence-corrected chi connectivity index (χ2v) is 34.7. The molecular weight excluding hydrogens is 2000 g/mol. The van der Waals surface area contributed by atoms with Crippen molar-refractivity contribution in [2.24, 2.45) is 0 Å². The topological polar surface area (TPSA) is 397 Å². The van der Waals surface area contributed by atoms with Crippen molar-refractivity contribution in [3.8, 4) is 0 Å². The summed E-state index contributed by atoms with van der Waals surface area (Å²) < 4.78 is 264. The molecule has 6 aromatic carbocycles. The number of anilines is 6. The van der Waals surface area contributed by atoms with Gasteiger partial charge in [-0.25, -0.2) is 28.8 Å². The molecule has 28 nitrogen and oxygen atoms in total. The highest BCUT2D eigenvalue weighted by atomic mass is 32.3. The summed E-state index contributed by atoms with van der Waals surface area (Å²) in [5.41, 5.74) is -1.32. The van der Waals surface area contributed by atoms with Gasteiger partial charge in [-0.3, -0.25) is 23.4 Å². The number of nitrogens with zero attached hydrogens (tertiary/aromatic N) is 5. The van der Waals surface area contributed by atoms with Crippen LogP contribution >= 0.6 is 0 Å². The number of nitrogens with one attached hydrogen (secondary N) is 12. The lowest BCUT2D eigenvalue weighted by molar-refractivity contribution is -0.929. The molecule has 0 fully saturated rings. The number of carbonyl (C=O) groups excluding carboxylic acids is 6. The van der Waals surface area contributed by atoms with E-state index in [1.54, 1.807) is 54.6 Å². The van der Waals surface area contributed by atoms with Gasteiger partial charge in [-0.05, 0) is 233 Å². The third-order valence-electron chi connectivity index (χ3n) is 21.9. The number of quaternary nitrogens is 2. The second-order valence-electron chi connectivity index (χ2n) is 33.9. The molecule has 818 valence electrons. The summed E-state index contributed by atoms with van der Waals surface area (Å²) in [6.45, 7) is 30.0. The fraction of sp³-hybridized carbons (Fsp3) is 0.436. The molecule has 3 aromatic heterocycles. The molecule has 148 heavy (non-hydrogen) atoms. The Labute approximate surface area is 849 Å². The number of aromatic nitrogens is 3. The lowest BCUT2D eigenvalue weighted by Crippen LogP contribution is -2.50. The predicted molar refractivity (Wildman–Crippen MR) is 529 cm³/mol. The second kappa shape index (κ2) is 64.9. The first-order valence-electron chi connectivity index (χ1n) is 47.7. The summed E-state index contributed by atoms with van der Waals surface area (Å²) in [6, 6.07) is 34.4. The molecule has 0 aliphatic carbocycles. The van der Waals surface area contributed by atoms with Crippen LogP contribution in [0.15, 0.2) is 200 Å². The van der Waals surface area contributed by atoms with Gasteiger partial charge in [0.1, 0.15) is 0 Å². The number of hydrogen-bond acceptors (Lipinski definition) is 13. The standard InChI is InChI=1S/3C23H19F6N5O2.2C16H36N.H2O4S.H2O/c3*24-22(25,26)14-4-8-16(9-5-14)33-20(35)30-12-18-2-1-3-19(32-18)13-31-21(36)34-17-10-6-15(7-11-17)23(27,28)29;2*1-5-9-13-17(14-10-6-2,15-11-7-3)16-12-8-4;1-5(2,3)4;/h3*1-11H,12-13H2,(H2,30,33,35)(H2,31,34,36);2*5-16H2,1-4H3;(H2,1,2,3,4);1H2/q;;;2*+1;;/p-2. The van der Waals surface area contributed by atoms with Crippen LogP contribution in [0.2, 0.25) is 0 Å². The average molecular weight is 2130 g/mol. The lowest BCUT2D eigenvalue weighted by Gasteiger charge is -2.39. The summed E-state index contributed by atoms with van der Waals surface area (Å²) in [7, 11) is -5.17. The summed E-state index contributed by atoms with van der Waals surface area (Å²) in [5.74, 6) is 0. The van der Waals surface area contributed by atoms with E-state index in [1.165, 1.54) is 164 Å². The first-order valence-corrected chi connectivity index (χ1v) is 49.1. The first-order chi connectivity index (χ1) is 69.2. The fourth-order valence-electron chi connectivity index (χ4n) is 14.0. The van der Waals surface area contributed by atoms with Crippen LogP contribution in [0.5, 0.6) is 0 Å². The minimum Gasteiger partial charge on any atom is -0.759 e. The van der Waals surface area contributed by atoms with Gasteiger partial charge in [-0.2, -0.15) is 79.0 Å². The Morgan fingerprint density at radius 2 is 0.351 bits per heavy atom. The van der Waals surface area contributed by atoms with Crippen LogP contribution in [-0.2, 0) is 86.7 Å². The lowest BCUT2D eigenvalue weighted by atomic mass is 10.1. The number of pyridine rings is 3. The van der Waals surface area contributed by atoms with E-state index in [0.29, 0.717) is 34.2 Å². The highest BCUT2D eigenvalue weighted by Crippen LogP contribution is 2.36. The SMILES string of the molecule is CCCC[N+](CCCC)(CCCC)CCCC.CCCC[N+](CCCC)(CCCC)CCCC.O.O=C(NCc1cccc(CNC(=O)Nc2ccc(C(F)(F)F)cc2)n1)Nc1ccc(C(F)(F)F)cc1.O=C(NCc1cccc(CNC(=O)Nc2ccc(C(F)(F)F)cc2)n1)Nc1ccc(C(F)(F)F)cc1.O=C(NCc1cccc(CNC(=O)Nc2ccc(C(F)(F)F)cc2)n1)Nc1ccc(C(F)(F)F)cc1.O=S(=O)([O-])[O-]. The monoisotopic (exact) mass is 2130 g/mol. The molecule has 47 heteroatoms. The molecular formula is C101H131F18N17O11S. The number of carbonyl (C=O) groups is 6. The zero-order chi connectivity index (χ0) is 110. The molecule has 0 saturated heterocycles. The Hall–Kier alpha value is -13.1. The summed E-state index contributed by atoms with van der Waals surface area (Å²) >= 11 is 0. The van der Waals surface area contributed by atoms with Crippen molar-refractivity contribution in [1.29, 1.82) is 0 Å². The van der Waals surface area contributed by atoms with Gasteiger partial charge in [0, 0.05) is 44.5 Å². The van der Waals surface area contributed by atoms with E-state index in [9.17, 15) is 108 Å². The van der Waals surface area contributed by atoms with E-state index in [0.717, 1.165) is 146 Å². The average Bonchev–Trinajstić information content (AvgIpc) is 0.860. The normalized spacial score (nSPS) is 11.5. The minimum absolute atomic E-state index is 0. The van der Waals surface area contributed by atoms with Gasteiger partial charge < -0.3 is 87.3 Å². The highest BCUT2D eigenvalue weighted by molar-refractivity contribution is 7.79. The van der Waals surface area contributed by atoms with Gasteiger partial charge >= 0.3 is 73.2 Å². The number of amides is 12. The van der Waals surface area contributed by atoms with Gasteiger partial charge in [-0.1, -0.05) is 125 Å². The van der Waals surface area contributed by atoms with Crippen LogP contribution < -0.4 is 63.8 Å². The fourth-order valence-corrected chi connectivity index (χ4v) is 14.0. The van der Waals surface area contributed by atoms with E-state index in [4.69, 9.17) is 17.5 Å². The quantitative estimate of drug-likeness (QED) is 0.00733. The first kappa shape index (κ1) is 129. The third-order valence-corrected chi connectivity index (χ3v) is 21.9. The Balaban J connectivity index is 0.000000484. The molecule has 9 aromatic rings. The maximum atomic E-state index is 12.6. The molecule has 0 bridgehead atoms. The van der Waals surface area contributed by atoms with Crippen molar-refractivity contribution in [3.05, 3.63) is 268 Å². The molecule has 0 atom stereocenters. The molecule has 0 spiro atoms. The summed E-state index contributed by atoms with van der Waals surface area (Å²) in [6.07, 6.45) is -4.74. The summed E-state index contributed by atoms with van der Waals surface area (Å²) in [4.78, 5) is 84.9. The smallest absolute Gasteiger partial charge is 0.416 e. The van der Waals surface area contributed by atoms with Gasteiger partial charge in [0.2, 0.25) is 0 Å². The highest BCUT2D eigenvalue weighted by Gasteiger charge is 2.36. The van der Waals surface area contributed by atoms with E-state index in [1.807, 2.05) is 0 Å². The van der Waals surface area contributed by atoms with Crippen LogP contribution in [0.4, 0.5) is 142 Å². The number of hydrogen-bond donors (Lipinski definition) is 12. The number of halogens is 18. The van der Waals surface area contributed by atoms with Gasteiger partial charge in [0.15, 0.2) is 0 Å². The number of rotatable bonds is 42. The van der Waals surface area contributed by atoms with Crippen molar-refractivity contribution >= 4 is 80.7 Å². The van der Waals surface area contributed by atoms with Crippen molar-refractivity contribution in [2.45, 2.75) is 234 Å². The molecule has 0 saturated carbocycles. The molecule has 9 rings (SSSR count). The Kier molecular flexibility index (Phi) is 56.6. The van der Waals surface area contributed by atoms with Crippen LogP contribution in [0.1, 0.15) is 226 Å². The van der Waals surface area contributed by atoms with Crippen LogP contribution in [0, 0.1) is 0 Å². The predicted octanol–water partition coefficient (Wildman–Crippen LogP) is 25.1. The van der Waals surface area contributed by atoms with Crippen molar-refractivity contribution in [2.75, 3.05) is 84.3 Å². The number of benzene rings is 6. The number of unbranched alkanes of at least 4 members (excludes halogenated alkanes) is 8. The van der Waals surface area contributed by atoms with Crippen LogP contribution in [-0.4, -0.2) is 135 Å². The molecule has 0 aliphatic heterocycles. The van der Waals surface area contributed by atoms with Gasteiger partial charge in [-0.15, -0.1) is 0 Å². The molecule has 3 heterocycles. The van der Waals surface area contributed by atoms with Crippen LogP contribution in [0.25, 0.3) is 0 Å². The number of alkyl halides is 18. The zero-order valence-corrected chi connectivity index (χ0v) is 84.1. The van der Waals surface area contributed by atoms with Crippen LogP contribution in [0.3, 0.4) is 0 Å². The Morgan fingerprint density at radius 3 is 0.453 bits per heavy atom.